The molecule has 0 unspecified atom stereocenters. The van der Waals surface area contributed by atoms with Crippen LogP contribution in [0.1, 0.15) is 5.69 Å². The molecule has 6 heteroatoms. The van der Waals surface area contributed by atoms with Gasteiger partial charge in [0.25, 0.3) is 0 Å². The molecule has 0 aromatic carbocycles. The molecule has 2 N–H and O–H groups in total. The second-order valence-corrected chi connectivity index (χ2v) is 2.07. The number of amidine groups is 1. The Labute approximate surface area is 61.7 Å². The number of nitrogens with zero attached hydrogens (tertiary/aromatic N) is 3. The van der Waals surface area contributed by atoms with Crippen LogP contribution < -0.4 is 5.32 Å². The van der Waals surface area contributed by atoms with Gasteiger partial charge in [-0.2, -0.15) is 15.4 Å². The predicted molar refractivity (Wildman–Crippen MR) is 35.9 cm³/mol. The molecule has 0 bridgehead atoms. The van der Waals surface area contributed by atoms with Crippen molar-refractivity contribution in [2.75, 3.05) is 6.54 Å². The Morgan fingerprint density at radius 3 is 3.00 bits per heavy atom. The minimum atomic E-state index is -0.108. The molecule has 1 aliphatic heterocycles. The van der Waals surface area contributed by atoms with E-state index in [1.807, 2.05) is 0 Å². The number of carbonyl (C=O) groups excluding carboxylic acids is 1. The van der Waals surface area contributed by atoms with Crippen LogP contribution in [-0.4, -0.2) is 33.7 Å². The summed E-state index contributed by atoms with van der Waals surface area (Å²) in [5.41, 5.74) is 0.566. The van der Waals surface area contributed by atoms with E-state index < -0.39 is 0 Å². The normalized spacial score (nSPS) is 16.4. The number of amides is 1. The molecule has 2 rings (SSSR count). The summed E-state index contributed by atoms with van der Waals surface area (Å²) in [5, 5.41) is 12.3. The van der Waals surface area contributed by atoms with Crippen molar-refractivity contribution in [3.05, 3.63) is 11.9 Å². The number of aromatic amines is 1. The molecule has 1 aromatic rings. The minimum absolute atomic E-state index is 0.108. The summed E-state index contributed by atoms with van der Waals surface area (Å²) in [6, 6.07) is 0. The SMILES string of the molecule is O=C1CN=C(c2cn[nH]n2)N1. The van der Waals surface area contributed by atoms with E-state index in [2.05, 4.69) is 25.7 Å². The van der Waals surface area contributed by atoms with E-state index in [9.17, 15) is 4.79 Å². The van der Waals surface area contributed by atoms with Gasteiger partial charge >= 0.3 is 0 Å². The Balaban J connectivity index is 2.26. The summed E-state index contributed by atoms with van der Waals surface area (Å²) < 4.78 is 0. The van der Waals surface area contributed by atoms with E-state index in [-0.39, 0.29) is 12.5 Å². The van der Waals surface area contributed by atoms with Crippen molar-refractivity contribution in [1.82, 2.24) is 20.7 Å². The first-order valence-electron chi connectivity index (χ1n) is 3.07. The predicted octanol–water partition coefficient (Wildman–Crippen LogP) is -1.32. The van der Waals surface area contributed by atoms with Gasteiger partial charge in [0.2, 0.25) is 5.91 Å². The maximum absolute atomic E-state index is 10.7. The van der Waals surface area contributed by atoms with Gasteiger partial charge in [-0.25, -0.2) is 0 Å². The lowest BCUT2D eigenvalue weighted by Gasteiger charge is -1.91. The molecule has 1 amide bonds. The fourth-order valence-corrected chi connectivity index (χ4v) is 0.823. The Hall–Kier alpha value is -1.72. The smallest absolute Gasteiger partial charge is 0.247 e. The number of aliphatic imine (C=N–C) groups is 1. The number of rotatable bonds is 1. The molecule has 56 valence electrons. The number of carbonyl (C=O) groups is 1. The largest absolute Gasteiger partial charge is 0.307 e. The zero-order valence-electron chi connectivity index (χ0n) is 5.53. The second kappa shape index (κ2) is 2.15. The molecule has 11 heavy (non-hydrogen) atoms. The van der Waals surface area contributed by atoms with Crippen molar-refractivity contribution in [2.45, 2.75) is 0 Å². The molecule has 0 atom stereocenters. The van der Waals surface area contributed by atoms with Gasteiger partial charge in [0, 0.05) is 0 Å². The van der Waals surface area contributed by atoms with Crippen molar-refractivity contribution in [1.29, 1.82) is 0 Å². The molecule has 1 aliphatic rings. The van der Waals surface area contributed by atoms with E-state index in [0.29, 0.717) is 11.5 Å². The Morgan fingerprint density at radius 2 is 2.45 bits per heavy atom. The van der Waals surface area contributed by atoms with Crippen molar-refractivity contribution < 1.29 is 4.79 Å². The number of aromatic nitrogens is 3. The fourth-order valence-electron chi connectivity index (χ4n) is 0.823. The van der Waals surface area contributed by atoms with Gasteiger partial charge < -0.3 is 5.32 Å². The number of hydrogen-bond donors (Lipinski definition) is 2. The Kier molecular flexibility index (Phi) is 1.18. The molecule has 0 fully saturated rings. The summed E-state index contributed by atoms with van der Waals surface area (Å²) in [6.45, 7) is 0.183. The van der Waals surface area contributed by atoms with Gasteiger partial charge in [0.05, 0.1) is 6.20 Å². The lowest BCUT2D eigenvalue weighted by Crippen LogP contribution is -2.25. The van der Waals surface area contributed by atoms with Gasteiger partial charge in [-0.3, -0.25) is 9.79 Å². The summed E-state index contributed by atoms with van der Waals surface area (Å²) in [7, 11) is 0. The first kappa shape index (κ1) is 6.02. The van der Waals surface area contributed by atoms with Crippen LogP contribution in [0.25, 0.3) is 0 Å². The van der Waals surface area contributed by atoms with Crippen LogP contribution in [0.3, 0.4) is 0 Å². The first-order chi connectivity index (χ1) is 5.36. The lowest BCUT2D eigenvalue weighted by atomic mass is 10.4. The highest BCUT2D eigenvalue weighted by atomic mass is 16.2. The molecule has 0 spiro atoms. The molecule has 2 heterocycles. The third-order valence-electron chi connectivity index (χ3n) is 1.30. The number of hydrogen-bond acceptors (Lipinski definition) is 4. The van der Waals surface area contributed by atoms with Crippen molar-refractivity contribution in [3.8, 4) is 0 Å². The van der Waals surface area contributed by atoms with Crippen LogP contribution in [0.2, 0.25) is 0 Å². The molecule has 0 saturated carbocycles. The first-order valence-corrected chi connectivity index (χ1v) is 3.07. The van der Waals surface area contributed by atoms with Gasteiger partial charge in [-0.1, -0.05) is 0 Å². The fraction of sp³-hybridized carbons (Fsp3) is 0.200. The number of nitrogens with one attached hydrogen (secondary N) is 2. The highest BCUT2D eigenvalue weighted by Crippen LogP contribution is 1.95. The van der Waals surface area contributed by atoms with Crippen LogP contribution in [-0.2, 0) is 4.79 Å². The summed E-state index contributed by atoms with van der Waals surface area (Å²) >= 11 is 0. The zero-order valence-corrected chi connectivity index (χ0v) is 5.53. The van der Waals surface area contributed by atoms with Crippen molar-refractivity contribution >= 4 is 11.7 Å². The van der Waals surface area contributed by atoms with Crippen molar-refractivity contribution in [3.63, 3.8) is 0 Å². The summed E-state index contributed by atoms with van der Waals surface area (Å²) in [4.78, 5) is 14.6. The zero-order chi connectivity index (χ0) is 7.68. The Morgan fingerprint density at radius 1 is 1.55 bits per heavy atom. The highest BCUT2D eigenvalue weighted by Gasteiger charge is 2.16. The van der Waals surface area contributed by atoms with E-state index in [4.69, 9.17) is 0 Å². The molecule has 0 radical (unpaired) electrons. The summed E-state index contributed by atoms with van der Waals surface area (Å²) in [6.07, 6.45) is 1.50. The molecule has 6 nitrogen and oxygen atoms in total. The van der Waals surface area contributed by atoms with Gasteiger partial charge in [-0.05, 0) is 0 Å². The minimum Gasteiger partial charge on any atom is -0.307 e. The van der Waals surface area contributed by atoms with Crippen LogP contribution in [0.5, 0.6) is 0 Å². The highest BCUT2D eigenvalue weighted by molar-refractivity contribution is 6.11. The number of H-pyrrole nitrogens is 1. The van der Waals surface area contributed by atoms with E-state index in [1.165, 1.54) is 6.20 Å². The average Bonchev–Trinajstić information content (AvgIpc) is 2.55. The van der Waals surface area contributed by atoms with Crippen LogP contribution >= 0.6 is 0 Å². The molecule has 0 aliphatic carbocycles. The summed E-state index contributed by atoms with van der Waals surface area (Å²) in [5.74, 6) is 0.381. The Bertz CT molecular complexity index is 301. The maximum atomic E-state index is 10.7. The van der Waals surface area contributed by atoms with E-state index >= 15 is 0 Å². The maximum Gasteiger partial charge on any atom is 0.247 e. The average molecular weight is 151 g/mol. The third kappa shape index (κ3) is 0.977. The molecule has 0 saturated heterocycles. The van der Waals surface area contributed by atoms with Gasteiger partial charge in [0.1, 0.15) is 12.2 Å². The van der Waals surface area contributed by atoms with Gasteiger partial charge in [-0.15, -0.1) is 0 Å². The van der Waals surface area contributed by atoms with E-state index in [1.54, 1.807) is 0 Å². The quantitative estimate of drug-likeness (QED) is 0.522. The molecular weight excluding hydrogens is 146 g/mol. The van der Waals surface area contributed by atoms with Crippen molar-refractivity contribution in [2.24, 2.45) is 4.99 Å². The molecule has 1 aromatic heterocycles. The van der Waals surface area contributed by atoms with Crippen LogP contribution in [0.4, 0.5) is 0 Å². The third-order valence-corrected chi connectivity index (χ3v) is 1.30. The monoisotopic (exact) mass is 151 g/mol. The topological polar surface area (TPSA) is 83.0 Å². The standard InChI is InChI=1S/C5H5N5O/c11-4-2-6-5(8-4)3-1-7-10-9-3/h1H,2H2,(H,6,8,11)(H,7,9,10). The van der Waals surface area contributed by atoms with Crippen LogP contribution in [0.15, 0.2) is 11.2 Å². The van der Waals surface area contributed by atoms with E-state index in [0.717, 1.165) is 0 Å². The van der Waals surface area contributed by atoms with Gasteiger partial charge in [0.15, 0.2) is 5.84 Å². The second-order valence-electron chi connectivity index (χ2n) is 2.07. The molecular formula is C5H5N5O. The van der Waals surface area contributed by atoms with Crippen LogP contribution in [0, 0.1) is 0 Å². The lowest BCUT2D eigenvalue weighted by molar-refractivity contribution is -0.117.